The van der Waals surface area contributed by atoms with Gasteiger partial charge in [0.15, 0.2) is 0 Å². The Morgan fingerprint density at radius 3 is 2.80 bits per heavy atom. The number of carbonyl (C=O) groups is 1. The van der Waals surface area contributed by atoms with E-state index in [0.717, 1.165) is 31.8 Å². The molecule has 2 N–H and O–H groups in total. The first-order chi connectivity index (χ1) is 12.1. The third-order valence-electron chi connectivity index (χ3n) is 5.11. The van der Waals surface area contributed by atoms with Gasteiger partial charge in [0.05, 0.1) is 18.3 Å². The van der Waals surface area contributed by atoms with Gasteiger partial charge >= 0.3 is 0 Å². The number of hydrogen-bond acceptors (Lipinski definition) is 4. The summed E-state index contributed by atoms with van der Waals surface area (Å²) in [5, 5.41) is 12.9. The lowest BCUT2D eigenvalue weighted by Crippen LogP contribution is -2.30. The molecule has 1 aromatic carbocycles. The summed E-state index contributed by atoms with van der Waals surface area (Å²) in [6.07, 6.45) is 4.57. The maximum atomic E-state index is 14.3. The van der Waals surface area contributed by atoms with Crippen LogP contribution in [-0.4, -0.2) is 54.8 Å². The second-order valence-electron chi connectivity index (χ2n) is 7.02. The summed E-state index contributed by atoms with van der Waals surface area (Å²) in [5.41, 5.74) is 0.0381. The molecule has 0 bridgehead atoms. The van der Waals surface area contributed by atoms with Gasteiger partial charge in [0.2, 0.25) is 0 Å². The van der Waals surface area contributed by atoms with Crippen LogP contribution in [0.25, 0.3) is 0 Å². The van der Waals surface area contributed by atoms with Crippen LogP contribution in [0.4, 0.5) is 4.39 Å². The molecule has 2 aliphatic rings. The normalized spacial score (nSPS) is 21.5. The Balaban J connectivity index is 1.47. The molecule has 138 valence electrons. The van der Waals surface area contributed by atoms with Crippen molar-refractivity contribution >= 4 is 5.91 Å². The van der Waals surface area contributed by atoms with Crippen LogP contribution in [0.1, 0.15) is 42.5 Å². The molecule has 5 nitrogen and oxygen atoms in total. The fourth-order valence-electron chi connectivity index (χ4n) is 3.59. The summed E-state index contributed by atoms with van der Waals surface area (Å²) in [6.45, 7) is 3.50. The number of amides is 1. The number of piperidine rings is 1. The highest BCUT2D eigenvalue weighted by molar-refractivity contribution is 5.94. The van der Waals surface area contributed by atoms with Crippen LogP contribution in [0.2, 0.25) is 0 Å². The van der Waals surface area contributed by atoms with Crippen molar-refractivity contribution < 1.29 is 19.0 Å². The molecule has 0 saturated carbocycles. The Labute approximate surface area is 148 Å². The number of aliphatic hydroxyl groups is 1. The molecule has 0 aliphatic carbocycles. The number of aliphatic hydroxyl groups excluding tert-OH is 1. The van der Waals surface area contributed by atoms with Gasteiger partial charge in [-0.05, 0) is 63.2 Å². The van der Waals surface area contributed by atoms with Gasteiger partial charge in [0.25, 0.3) is 5.91 Å². The lowest BCUT2D eigenvalue weighted by molar-refractivity contribution is 0.0760. The number of ether oxygens (including phenoxy) is 1. The average molecular weight is 350 g/mol. The van der Waals surface area contributed by atoms with Crippen molar-refractivity contribution in [2.75, 3.05) is 32.8 Å². The van der Waals surface area contributed by atoms with Gasteiger partial charge in [-0.1, -0.05) is 0 Å². The largest absolute Gasteiger partial charge is 0.493 e. The van der Waals surface area contributed by atoms with E-state index in [1.807, 2.05) is 0 Å². The summed E-state index contributed by atoms with van der Waals surface area (Å²) in [6, 6.07) is 4.40. The highest BCUT2D eigenvalue weighted by Crippen LogP contribution is 2.22. The summed E-state index contributed by atoms with van der Waals surface area (Å²) in [4.78, 5) is 13.8. The number of nitrogens with one attached hydrogen (secondary N) is 1. The molecule has 6 heteroatoms. The summed E-state index contributed by atoms with van der Waals surface area (Å²) >= 11 is 0. The number of hydrogen-bond donors (Lipinski definition) is 2. The lowest BCUT2D eigenvalue weighted by Gasteiger charge is -2.22. The van der Waals surface area contributed by atoms with Crippen molar-refractivity contribution in [2.45, 2.75) is 38.2 Å². The minimum Gasteiger partial charge on any atom is -0.493 e. The first kappa shape index (κ1) is 18.1. The first-order valence-corrected chi connectivity index (χ1v) is 9.24. The molecule has 1 aromatic rings. The number of halogens is 1. The van der Waals surface area contributed by atoms with Crippen LogP contribution in [0, 0.1) is 11.7 Å². The smallest absolute Gasteiger partial charge is 0.256 e. The van der Waals surface area contributed by atoms with E-state index in [9.17, 15) is 14.3 Å². The van der Waals surface area contributed by atoms with Gasteiger partial charge in [-0.3, -0.25) is 4.79 Å². The van der Waals surface area contributed by atoms with E-state index in [4.69, 9.17) is 4.74 Å². The van der Waals surface area contributed by atoms with Crippen molar-refractivity contribution in [1.82, 2.24) is 10.2 Å². The summed E-state index contributed by atoms with van der Waals surface area (Å²) < 4.78 is 19.9. The summed E-state index contributed by atoms with van der Waals surface area (Å²) in [5.74, 6) is 0.284. The molecular weight excluding hydrogens is 323 g/mol. The number of benzene rings is 1. The number of β-amino-alcohol motifs (C(OH)–C–C–N with tert-alkyl or cyclic N) is 1. The Morgan fingerprint density at radius 2 is 2.12 bits per heavy atom. The minimum absolute atomic E-state index is 0.0381. The lowest BCUT2D eigenvalue weighted by atomic mass is 9.93. The van der Waals surface area contributed by atoms with E-state index < -0.39 is 11.9 Å². The van der Waals surface area contributed by atoms with Gasteiger partial charge in [-0.2, -0.15) is 0 Å². The second kappa shape index (κ2) is 8.63. The zero-order chi connectivity index (χ0) is 17.6. The van der Waals surface area contributed by atoms with Gasteiger partial charge in [-0.25, -0.2) is 4.39 Å². The van der Waals surface area contributed by atoms with E-state index >= 15 is 0 Å². The molecule has 1 atom stereocenters. The molecule has 0 spiro atoms. The monoisotopic (exact) mass is 350 g/mol. The van der Waals surface area contributed by atoms with E-state index in [-0.39, 0.29) is 18.0 Å². The zero-order valence-electron chi connectivity index (χ0n) is 14.5. The van der Waals surface area contributed by atoms with Crippen LogP contribution in [0.3, 0.4) is 0 Å². The maximum absolute atomic E-state index is 14.3. The SMILES string of the molecule is O=C(c1ccc(OCCCC2CCNCC2)cc1F)N1CC[C@H](O)C1. The Kier molecular flexibility index (Phi) is 6.26. The van der Waals surface area contributed by atoms with Crippen LogP contribution < -0.4 is 10.1 Å². The van der Waals surface area contributed by atoms with Crippen LogP contribution in [-0.2, 0) is 0 Å². The van der Waals surface area contributed by atoms with Crippen LogP contribution in [0.5, 0.6) is 5.75 Å². The molecule has 2 saturated heterocycles. The third kappa shape index (κ3) is 4.92. The van der Waals surface area contributed by atoms with Gasteiger partial charge in [-0.15, -0.1) is 0 Å². The fourth-order valence-corrected chi connectivity index (χ4v) is 3.59. The van der Waals surface area contributed by atoms with Crippen molar-refractivity contribution in [3.8, 4) is 5.75 Å². The number of rotatable bonds is 6. The predicted molar refractivity (Wildman–Crippen MR) is 93.3 cm³/mol. The molecule has 25 heavy (non-hydrogen) atoms. The number of nitrogens with zero attached hydrogens (tertiary/aromatic N) is 1. The van der Waals surface area contributed by atoms with Gasteiger partial charge in [0.1, 0.15) is 11.6 Å². The molecule has 2 fully saturated rings. The number of likely N-dealkylation sites (tertiary alicyclic amines) is 1. The highest BCUT2D eigenvalue weighted by atomic mass is 19.1. The Hall–Kier alpha value is -1.66. The van der Waals surface area contributed by atoms with Crippen LogP contribution in [0.15, 0.2) is 18.2 Å². The second-order valence-corrected chi connectivity index (χ2v) is 7.02. The molecule has 2 aliphatic heterocycles. The number of carbonyl (C=O) groups excluding carboxylic acids is 1. The molecule has 0 radical (unpaired) electrons. The van der Waals surface area contributed by atoms with Crippen molar-refractivity contribution in [3.63, 3.8) is 0 Å². The van der Waals surface area contributed by atoms with Gasteiger partial charge in [0, 0.05) is 19.2 Å². The van der Waals surface area contributed by atoms with Gasteiger partial charge < -0.3 is 20.1 Å². The van der Waals surface area contributed by atoms with E-state index in [0.29, 0.717) is 25.3 Å². The highest BCUT2D eigenvalue weighted by Gasteiger charge is 2.27. The summed E-state index contributed by atoms with van der Waals surface area (Å²) in [7, 11) is 0. The fraction of sp³-hybridized carbons (Fsp3) is 0.632. The van der Waals surface area contributed by atoms with Crippen LogP contribution >= 0.6 is 0 Å². The zero-order valence-corrected chi connectivity index (χ0v) is 14.5. The molecular formula is C19H27FN2O3. The average Bonchev–Trinajstić information content (AvgIpc) is 3.06. The molecule has 0 aromatic heterocycles. The van der Waals surface area contributed by atoms with E-state index in [2.05, 4.69) is 5.32 Å². The predicted octanol–water partition coefficient (Wildman–Crippen LogP) is 2.19. The maximum Gasteiger partial charge on any atom is 0.256 e. The molecule has 3 rings (SSSR count). The minimum atomic E-state index is -0.567. The van der Waals surface area contributed by atoms with Crippen molar-refractivity contribution in [3.05, 3.63) is 29.6 Å². The molecule has 2 heterocycles. The third-order valence-corrected chi connectivity index (χ3v) is 5.11. The Morgan fingerprint density at radius 1 is 1.32 bits per heavy atom. The van der Waals surface area contributed by atoms with Crippen molar-refractivity contribution in [2.24, 2.45) is 5.92 Å². The molecule has 1 amide bonds. The van der Waals surface area contributed by atoms with Crippen molar-refractivity contribution in [1.29, 1.82) is 0 Å². The topological polar surface area (TPSA) is 61.8 Å². The standard InChI is InChI=1S/C19H27FN2O3/c20-18-12-16(25-11-1-2-14-5-8-21-9-6-14)3-4-17(18)19(24)22-10-7-15(23)13-22/h3-4,12,14-15,21,23H,1-2,5-11,13H2/t15-/m0/s1. The first-order valence-electron chi connectivity index (χ1n) is 9.24. The Bertz CT molecular complexity index is 590. The quantitative estimate of drug-likeness (QED) is 0.772. The molecule has 0 unspecified atom stereocenters. The van der Waals surface area contributed by atoms with E-state index in [1.54, 1.807) is 6.07 Å². The van der Waals surface area contributed by atoms with E-state index in [1.165, 1.54) is 29.9 Å².